The fourth-order valence-electron chi connectivity index (χ4n) is 3.35. The van der Waals surface area contributed by atoms with Gasteiger partial charge in [-0.25, -0.2) is 0 Å². The molecule has 0 radical (unpaired) electrons. The number of carbonyl (C=O) groups is 1. The second kappa shape index (κ2) is 8.17. The molecule has 4 nitrogen and oxygen atoms in total. The van der Waals surface area contributed by atoms with Crippen LogP contribution in [-0.2, 0) is 17.8 Å². The maximum Gasteiger partial charge on any atom is 0.240 e. The van der Waals surface area contributed by atoms with E-state index >= 15 is 0 Å². The van der Waals surface area contributed by atoms with Crippen LogP contribution in [-0.4, -0.2) is 36.5 Å². The molecule has 3 rings (SSSR count). The molecule has 25 heavy (non-hydrogen) atoms. The number of carbonyl (C=O) groups excluding carboxylic acids is 1. The van der Waals surface area contributed by atoms with Crippen molar-refractivity contribution in [1.29, 1.82) is 0 Å². The van der Waals surface area contributed by atoms with Crippen LogP contribution in [0.3, 0.4) is 0 Å². The molecular weight excluding hydrogens is 312 g/mol. The van der Waals surface area contributed by atoms with E-state index in [4.69, 9.17) is 4.74 Å². The Balaban J connectivity index is 1.72. The number of nitrogens with one attached hydrogen (secondary N) is 1. The fourth-order valence-corrected chi connectivity index (χ4v) is 3.35. The van der Waals surface area contributed by atoms with Crippen molar-refractivity contribution < 1.29 is 9.53 Å². The Hall–Kier alpha value is -2.33. The molecule has 132 valence electrons. The van der Waals surface area contributed by atoms with Gasteiger partial charge in [-0.3, -0.25) is 4.79 Å². The van der Waals surface area contributed by atoms with Crippen molar-refractivity contribution in [2.75, 3.05) is 13.7 Å². The van der Waals surface area contributed by atoms with E-state index in [1.807, 2.05) is 36.1 Å². The molecule has 2 aromatic carbocycles. The van der Waals surface area contributed by atoms with Crippen LogP contribution in [0.15, 0.2) is 54.6 Å². The highest BCUT2D eigenvalue weighted by atomic mass is 16.5. The molecule has 0 saturated carbocycles. The number of ether oxygens (including phenoxy) is 1. The minimum Gasteiger partial charge on any atom is -0.497 e. The monoisotopic (exact) mass is 338 g/mol. The summed E-state index contributed by atoms with van der Waals surface area (Å²) in [5.74, 6) is 1.00. The van der Waals surface area contributed by atoms with Gasteiger partial charge in [-0.15, -0.1) is 0 Å². The van der Waals surface area contributed by atoms with Crippen LogP contribution in [0.2, 0.25) is 0 Å². The van der Waals surface area contributed by atoms with Crippen LogP contribution in [0.25, 0.3) is 0 Å². The number of aryl methyl sites for hydroxylation is 1. The van der Waals surface area contributed by atoms with Gasteiger partial charge >= 0.3 is 0 Å². The van der Waals surface area contributed by atoms with E-state index in [-0.39, 0.29) is 18.0 Å². The summed E-state index contributed by atoms with van der Waals surface area (Å²) < 4.78 is 5.31. The summed E-state index contributed by atoms with van der Waals surface area (Å²) in [5, 5.41) is 3.34. The molecule has 0 aliphatic carbocycles. The van der Waals surface area contributed by atoms with Crippen molar-refractivity contribution >= 4 is 5.91 Å². The van der Waals surface area contributed by atoms with Crippen molar-refractivity contribution in [1.82, 2.24) is 10.2 Å². The summed E-state index contributed by atoms with van der Waals surface area (Å²) >= 11 is 0. The predicted molar refractivity (Wildman–Crippen MR) is 99.6 cm³/mol. The third-order valence-corrected chi connectivity index (χ3v) is 4.85. The Morgan fingerprint density at radius 2 is 1.88 bits per heavy atom. The molecule has 0 bridgehead atoms. The lowest BCUT2D eigenvalue weighted by Crippen LogP contribution is -2.58. The van der Waals surface area contributed by atoms with Gasteiger partial charge in [0.2, 0.25) is 5.91 Å². The van der Waals surface area contributed by atoms with Crippen molar-refractivity contribution in [3.8, 4) is 5.75 Å². The Morgan fingerprint density at radius 3 is 2.64 bits per heavy atom. The topological polar surface area (TPSA) is 41.6 Å². The first kappa shape index (κ1) is 17.5. The lowest BCUT2D eigenvalue weighted by molar-refractivity contribution is -0.139. The van der Waals surface area contributed by atoms with Crippen LogP contribution in [0.5, 0.6) is 5.75 Å². The average Bonchev–Trinajstić information content (AvgIpc) is 2.66. The Labute approximate surface area is 149 Å². The van der Waals surface area contributed by atoms with E-state index in [0.29, 0.717) is 6.54 Å². The van der Waals surface area contributed by atoms with E-state index in [1.54, 1.807) is 7.11 Å². The predicted octanol–water partition coefficient (Wildman–Crippen LogP) is 3.02. The zero-order valence-electron chi connectivity index (χ0n) is 14.9. The number of benzene rings is 2. The van der Waals surface area contributed by atoms with Gasteiger partial charge in [0.05, 0.1) is 13.2 Å². The molecule has 1 N–H and O–H groups in total. The second-order valence-corrected chi connectivity index (χ2v) is 6.63. The summed E-state index contributed by atoms with van der Waals surface area (Å²) in [6.07, 6.45) is 1.93. The Kier molecular flexibility index (Phi) is 5.71. The average molecular weight is 338 g/mol. The largest absolute Gasteiger partial charge is 0.497 e. The zero-order valence-corrected chi connectivity index (χ0v) is 14.9. The SMILES string of the molecule is COc1cccc(CN2C(=O)[C@@H](C)NC[C@@H]2CCc2ccccc2)c1. The van der Waals surface area contributed by atoms with Crippen molar-refractivity contribution in [3.63, 3.8) is 0 Å². The first-order valence-corrected chi connectivity index (χ1v) is 8.88. The number of hydrogen-bond donors (Lipinski definition) is 1. The lowest BCUT2D eigenvalue weighted by atomic mass is 10.00. The smallest absolute Gasteiger partial charge is 0.240 e. The van der Waals surface area contributed by atoms with Crippen LogP contribution in [0, 0.1) is 0 Å². The minimum atomic E-state index is -0.126. The van der Waals surface area contributed by atoms with Crippen LogP contribution in [0.4, 0.5) is 0 Å². The fraction of sp³-hybridized carbons (Fsp3) is 0.381. The quantitative estimate of drug-likeness (QED) is 0.880. The summed E-state index contributed by atoms with van der Waals surface area (Å²) in [7, 11) is 1.67. The van der Waals surface area contributed by atoms with E-state index in [0.717, 1.165) is 30.7 Å². The van der Waals surface area contributed by atoms with Crippen molar-refractivity contribution in [2.45, 2.75) is 38.4 Å². The highest BCUT2D eigenvalue weighted by Crippen LogP contribution is 2.20. The van der Waals surface area contributed by atoms with E-state index in [2.05, 4.69) is 35.6 Å². The molecule has 1 aliphatic heterocycles. The van der Waals surface area contributed by atoms with Gasteiger partial charge in [-0.05, 0) is 43.0 Å². The van der Waals surface area contributed by atoms with E-state index in [1.165, 1.54) is 5.56 Å². The van der Waals surface area contributed by atoms with Gasteiger partial charge in [0.15, 0.2) is 0 Å². The molecule has 1 heterocycles. The molecule has 2 aromatic rings. The Morgan fingerprint density at radius 1 is 1.12 bits per heavy atom. The molecule has 1 amide bonds. The highest BCUT2D eigenvalue weighted by Gasteiger charge is 2.32. The van der Waals surface area contributed by atoms with E-state index < -0.39 is 0 Å². The van der Waals surface area contributed by atoms with Crippen LogP contribution < -0.4 is 10.1 Å². The second-order valence-electron chi connectivity index (χ2n) is 6.63. The minimum absolute atomic E-state index is 0.126. The molecule has 0 spiro atoms. The summed E-state index contributed by atoms with van der Waals surface area (Å²) in [6.45, 7) is 3.40. The van der Waals surface area contributed by atoms with E-state index in [9.17, 15) is 4.79 Å². The first-order valence-electron chi connectivity index (χ1n) is 8.88. The molecule has 1 fully saturated rings. The molecule has 0 aromatic heterocycles. The normalized spacial score (nSPS) is 20.6. The van der Waals surface area contributed by atoms with Gasteiger partial charge < -0.3 is 15.0 Å². The lowest BCUT2D eigenvalue weighted by Gasteiger charge is -2.39. The number of nitrogens with zero attached hydrogens (tertiary/aromatic N) is 1. The third kappa shape index (κ3) is 4.40. The molecule has 1 aliphatic rings. The summed E-state index contributed by atoms with van der Waals surface area (Å²) in [6, 6.07) is 18.5. The summed E-state index contributed by atoms with van der Waals surface area (Å²) in [4.78, 5) is 14.8. The van der Waals surface area contributed by atoms with Gasteiger partial charge in [0.25, 0.3) is 0 Å². The number of methoxy groups -OCH3 is 1. The van der Waals surface area contributed by atoms with Crippen LogP contribution in [0.1, 0.15) is 24.5 Å². The van der Waals surface area contributed by atoms with Gasteiger partial charge in [0, 0.05) is 19.1 Å². The van der Waals surface area contributed by atoms with Gasteiger partial charge in [-0.2, -0.15) is 0 Å². The molecule has 4 heteroatoms. The number of rotatable bonds is 6. The first-order chi connectivity index (χ1) is 12.2. The van der Waals surface area contributed by atoms with Crippen molar-refractivity contribution in [2.24, 2.45) is 0 Å². The maximum atomic E-state index is 12.7. The zero-order chi connectivity index (χ0) is 17.6. The molecule has 0 unspecified atom stereocenters. The third-order valence-electron chi connectivity index (χ3n) is 4.85. The number of piperazine rings is 1. The molecule has 1 saturated heterocycles. The molecule has 2 atom stereocenters. The Bertz CT molecular complexity index is 702. The summed E-state index contributed by atoms with van der Waals surface area (Å²) in [5.41, 5.74) is 2.42. The van der Waals surface area contributed by atoms with Gasteiger partial charge in [-0.1, -0.05) is 42.5 Å². The van der Waals surface area contributed by atoms with Gasteiger partial charge in [0.1, 0.15) is 5.75 Å². The number of hydrogen-bond acceptors (Lipinski definition) is 3. The number of amides is 1. The highest BCUT2D eigenvalue weighted by molar-refractivity contribution is 5.82. The molecular formula is C21H26N2O2. The van der Waals surface area contributed by atoms with Crippen LogP contribution >= 0.6 is 0 Å². The van der Waals surface area contributed by atoms with Crippen molar-refractivity contribution in [3.05, 3.63) is 65.7 Å². The standard InChI is InChI=1S/C21H26N2O2/c1-16-21(24)23(15-18-9-6-10-20(13-18)25-2)19(14-22-16)12-11-17-7-4-3-5-8-17/h3-10,13,16,19,22H,11-12,14-15H2,1-2H3/t16-,19+/m1/s1. The maximum absolute atomic E-state index is 12.7.